The Morgan fingerprint density at radius 2 is 1.98 bits per heavy atom. The highest BCUT2D eigenvalue weighted by molar-refractivity contribution is 5.82. The van der Waals surface area contributed by atoms with E-state index in [1.165, 1.54) is 21.2 Å². The van der Waals surface area contributed by atoms with Crippen LogP contribution in [0.1, 0.15) is 49.4 Å². The van der Waals surface area contributed by atoms with Gasteiger partial charge < -0.3 is 14.6 Å². The Kier molecular flexibility index (Phi) is 7.18. The Balaban J connectivity index is 1.45. The second-order valence-corrected chi connectivity index (χ2v) is 10.9. The molecule has 42 heavy (non-hydrogen) atoms. The monoisotopic (exact) mass is 566 g/mol. The van der Waals surface area contributed by atoms with Gasteiger partial charge in [0.15, 0.2) is 5.82 Å². The van der Waals surface area contributed by atoms with Gasteiger partial charge in [0, 0.05) is 56.3 Å². The van der Waals surface area contributed by atoms with E-state index in [1.807, 2.05) is 39.1 Å². The molecule has 0 saturated heterocycles. The Hall–Kier alpha value is -4.66. The number of fused-ring (bicyclic) bond motifs is 1. The van der Waals surface area contributed by atoms with E-state index in [4.69, 9.17) is 9.72 Å². The van der Waals surface area contributed by atoms with Crippen LogP contribution < -0.4 is 11.0 Å². The first-order valence-electron chi connectivity index (χ1n) is 13.9. The lowest BCUT2D eigenvalue weighted by Gasteiger charge is -2.20. The first-order valence-corrected chi connectivity index (χ1v) is 13.9. The zero-order chi connectivity index (χ0) is 29.5. The number of methoxy groups -OCH3 is 1. The minimum absolute atomic E-state index is 0.0216. The summed E-state index contributed by atoms with van der Waals surface area (Å²) in [5, 5.41) is 21.2. The van der Waals surface area contributed by atoms with Crippen molar-refractivity contribution in [2.75, 3.05) is 7.11 Å². The smallest absolute Gasteiger partial charge is 0.338 e. The highest BCUT2D eigenvalue weighted by Crippen LogP contribution is 2.42. The summed E-state index contributed by atoms with van der Waals surface area (Å²) in [6, 6.07) is 12.9. The molecule has 1 aliphatic carbocycles. The van der Waals surface area contributed by atoms with Crippen LogP contribution in [-0.4, -0.2) is 48.0 Å². The van der Waals surface area contributed by atoms with Crippen LogP contribution in [0.2, 0.25) is 0 Å². The number of aryl methyl sites for hydroxylation is 1. The fraction of sp³-hybridized carbons (Fsp3) is 0.323. The molecular formula is C31H31FN8O2. The molecule has 1 aromatic carbocycles. The van der Waals surface area contributed by atoms with Crippen molar-refractivity contribution in [1.29, 1.82) is 5.26 Å². The van der Waals surface area contributed by atoms with Crippen LogP contribution in [0, 0.1) is 17.1 Å². The van der Waals surface area contributed by atoms with Gasteiger partial charge >= 0.3 is 5.69 Å². The Morgan fingerprint density at radius 3 is 2.67 bits per heavy atom. The predicted octanol–water partition coefficient (Wildman–Crippen LogP) is 4.35. The van der Waals surface area contributed by atoms with E-state index in [9.17, 15) is 10.1 Å². The fourth-order valence-electron chi connectivity index (χ4n) is 5.09. The van der Waals surface area contributed by atoms with Crippen LogP contribution >= 0.6 is 0 Å². The number of imidazole rings is 1. The van der Waals surface area contributed by atoms with Crippen molar-refractivity contribution in [1.82, 2.24) is 34.0 Å². The van der Waals surface area contributed by atoms with Crippen molar-refractivity contribution in [3.8, 4) is 34.4 Å². The average Bonchev–Trinajstić information content (AvgIpc) is 3.69. The second-order valence-electron chi connectivity index (χ2n) is 10.9. The molecule has 1 fully saturated rings. The number of nitrogens with one attached hydrogen (secondary N) is 1. The number of aromatic nitrogens is 6. The second kappa shape index (κ2) is 11.0. The summed E-state index contributed by atoms with van der Waals surface area (Å²) in [7, 11) is 3.49. The topological polar surface area (TPSA) is 115 Å². The zero-order valence-corrected chi connectivity index (χ0v) is 23.9. The molecule has 4 heterocycles. The van der Waals surface area contributed by atoms with E-state index in [2.05, 4.69) is 21.6 Å². The maximum absolute atomic E-state index is 15.3. The predicted molar refractivity (Wildman–Crippen MR) is 156 cm³/mol. The summed E-state index contributed by atoms with van der Waals surface area (Å²) in [6.45, 7) is 4.32. The third-order valence-corrected chi connectivity index (χ3v) is 7.96. The van der Waals surface area contributed by atoms with E-state index < -0.39 is 11.5 Å². The highest BCUT2D eigenvalue weighted by atomic mass is 19.1. The molecule has 0 unspecified atom stereocenters. The van der Waals surface area contributed by atoms with Gasteiger partial charge in [-0.25, -0.2) is 14.2 Å². The molecule has 5 aromatic rings. The van der Waals surface area contributed by atoms with Crippen molar-refractivity contribution >= 4 is 5.52 Å². The van der Waals surface area contributed by atoms with Crippen LogP contribution in [0.15, 0.2) is 59.9 Å². The molecule has 0 spiro atoms. The fourth-order valence-corrected chi connectivity index (χ4v) is 5.09. The van der Waals surface area contributed by atoms with Crippen LogP contribution in [0.5, 0.6) is 0 Å². The van der Waals surface area contributed by atoms with Gasteiger partial charge in [0.1, 0.15) is 23.5 Å². The highest BCUT2D eigenvalue weighted by Gasteiger charge is 2.27. The molecule has 1 saturated carbocycles. The minimum atomic E-state index is -0.493. The standard InChI is InChI=1S/C31H31FN8O2/c1-18(19(2)42-4)34-14-21-10-26(32)28-16-40(31(41)39(28)15-21)29-12-23(11-27(36-29)22-6-7-22)24-8-5-20(13-33)9-25(24)30-37-35-17-38(30)3/h5,8-12,15-19,22,34H,6-7,14H2,1-4H3/t18-,19-/m0/s1. The lowest BCUT2D eigenvalue weighted by atomic mass is 9.96. The number of pyridine rings is 2. The molecule has 0 aliphatic heterocycles. The van der Waals surface area contributed by atoms with Crippen molar-refractivity contribution in [3.05, 3.63) is 88.2 Å². The summed E-state index contributed by atoms with van der Waals surface area (Å²) in [4.78, 5) is 18.5. The molecule has 0 bridgehead atoms. The normalized spacial score (nSPS) is 14.7. The number of rotatable bonds is 9. The van der Waals surface area contributed by atoms with Gasteiger partial charge in [-0.2, -0.15) is 5.26 Å². The first kappa shape index (κ1) is 27.5. The van der Waals surface area contributed by atoms with Gasteiger partial charge in [-0.05, 0) is 73.7 Å². The number of ether oxygens (including phenoxy) is 1. The Bertz CT molecular complexity index is 1900. The Labute approximate surface area is 242 Å². The summed E-state index contributed by atoms with van der Waals surface area (Å²) in [6.07, 6.45) is 6.76. The van der Waals surface area contributed by atoms with Crippen molar-refractivity contribution in [2.24, 2.45) is 7.05 Å². The van der Waals surface area contributed by atoms with E-state index >= 15 is 4.39 Å². The minimum Gasteiger partial charge on any atom is -0.380 e. The van der Waals surface area contributed by atoms with Gasteiger partial charge in [-0.3, -0.25) is 8.97 Å². The van der Waals surface area contributed by atoms with Gasteiger partial charge in [-0.1, -0.05) is 6.07 Å². The largest absolute Gasteiger partial charge is 0.380 e. The Morgan fingerprint density at radius 1 is 1.17 bits per heavy atom. The summed E-state index contributed by atoms with van der Waals surface area (Å²) < 4.78 is 25.2. The number of hydrogen-bond donors (Lipinski definition) is 1. The number of halogens is 1. The number of hydrogen-bond acceptors (Lipinski definition) is 7. The number of nitriles is 1. The molecule has 2 atom stereocenters. The van der Waals surface area contributed by atoms with E-state index in [0.29, 0.717) is 35.2 Å². The molecule has 0 radical (unpaired) electrons. The van der Waals surface area contributed by atoms with Crippen LogP contribution in [0.25, 0.3) is 33.8 Å². The van der Waals surface area contributed by atoms with Crippen molar-refractivity contribution < 1.29 is 9.13 Å². The molecule has 4 aromatic heterocycles. The lowest BCUT2D eigenvalue weighted by molar-refractivity contribution is 0.0882. The van der Waals surface area contributed by atoms with Gasteiger partial charge in [0.25, 0.3) is 0 Å². The summed E-state index contributed by atoms with van der Waals surface area (Å²) in [5.41, 5.74) is 4.14. The molecule has 6 rings (SSSR count). The van der Waals surface area contributed by atoms with E-state index in [1.54, 1.807) is 36.3 Å². The maximum Gasteiger partial charge on any atom is 0.338 e. The van der Waals surface area contributed by atoms with E-state index in [-0.39, 0.29) is 17.7 Å². The third kappa shape index (κ3) is 5.11. The van der Waals surface area contributed by atoms with Crippen molar-refractivity contribution in [3.63, 3.8) is 0 Å². The average molecular weight is 567 g/mol. The van der Waals surface area contributed by atoms with Crippen LogP contribution in [0.4, 0.5) is 4.39 Å². The summed E-state index contributed by atoms with van der Waals surface area (Å²) in [5.74, 6) is 0.808. The summed E-state index contributed by atoms with van der Waals surface area (Å²) >= 11 is 0. The molecular weight excluding hydrogens is 535 g/mol. The molecule has 10 nitrogen and oxygen atoms in total. The third-order valence-electron chi connectivity index (χ3n) is 7.96. The van der Waals surface area contributed by atoms with Crippen LogP contribution in [0.3, 0.4) is 0 Å². The molecule has 214 valence electrons. The quantitative estimate of drug-likeness (QED) is 0.282. The van der Waals surface area contributed by atoms with E-state index in [0.717, 1.165) is 35.2 Å². The van der Waals surface area contributed by atoms with Gasteiger partial charge in [-0.15, -0.1) is 10.2 Å². The van der Waals surface area contributed by atoms with Gasteiger partial charge in [0.2, 0.25) is 0 Å². The van der Waals surface area contributed by atoms with Crippen molar-refractivity contribution in [2.45, 2.75) is 51.3 Å². The lowest BCUT2D eigenvalue weighted by Crippen LogP contribution is -2.36. The maximum atomic E-state index is 15.3. The number of benzene rings is 1. The molecule has 1 N–H and O–H groups in total. The molecule has 0 amide bonds. The first-order chi connectivity index (χ1) is 20.3. The number of nitrogens with zero attached hydrogens (tertiary/aromatic N) is 7. The van der Waals surface area contributed by atoms with Crippen LogP contribution in [-0.2, 0) is 18.3 Å². The SMILES string of the molecule is CO[C@@H](C)[C@H](C)NCc1cc(F)c2cn(-c3cc(-c4ccc(C#N)cc4-c4nncn4C)cc(C4CC4)n3)c(=O)n2c1. The molecule has 1 aliphatic rings. The molecule has 11 heteroatoms. The van der Waals surface area contributed by atoms with Gasteiger partial charge in [0.05, 0.1) is 17.7 Å². The zero-order valence-electron chi connectivity index (χ0n) is 23.9.